The fraction of sp³-hybridized carbons (Fsp3) is 0.929. The summed E-state index contributed by atoms with van der Waals surface area (Å²) in [5.74, 6) is 0. The third kappa shape index (κ3) is 7.24. The maximum absolute atomic E-state index is 11.6. The Morgan fingerprint density at radius 1 is 1.06 bits per heavy atom. The van der Waals surface area contributed by atoms with E-state index in [4.69, 9.17) is 0 Å². The smallest absolute Gasteiger partial charge is 0.315 e. The first-order chi connectivity index (χ1) is 8.33. The second-order valence-corrected chi connectivity index (χ2v) is 5.15. The fourth-order valence-electron chi connectivity index (χ4n) is 2.41. The molecule has 17 heavy (non-hydrogen) atoms. The second kappa shape index (κ2) is 9.32. The van der Waals surface area contributed by atoms with Gasteiger partial charge in [-0.05, 0) is 19.3 Å². The molecule has 1 aliphatic rings. The summed E-state index contributed by atoms with van der Waals surface area (Å²) in [6, 6.07) is 0.446. The lowest BCUT2D eigenvalue weighted by Gasteiger charge is -2.16. The van der Waals surface area contributed by atoms with Gasteiger partial charge in [0.25, 0.3) is 0 Å². The highest BCUT2D eigenvalue weighted by Gasteiger charge is 2.13. The van der Waals surface area contributed by atoms with Crippen LogP contribution in [0.25, 0.3) is 0 Å². The number of unbranched alkanes of at least 4 members (excludes halogenated alkanes) is 3. The number of carbonyl (C=O) groups excluding carboxylic acids is 1. The molecule has 1 fully saturated rings. The molecule has 0 saturated heterocycles. The summed E-state index contributed by atoms with van der Waals surface area (Å²) in [5, 5.41) is 6.06. The number of amides is 2. The van der Waals surface area contributed by atoms with Crippen LogP contribution in [-0.4, -0.2) is 18.6 Å². The van der Waals surface area contributed by atoms with Gasteiger partial charge < -0.3 is 10.6 Å². The Morgan fingerprint density at radius 3 is 2.41 bits per heavy atom. The Hall–Kier alpha value is -0.730. The zero-order valence-electron chi connectivity index (χ0n) is 11.3. The van der Waals surface area contributed by atoms with Gasteiger partial charge in [-0.2, -0.15) is 0 Å². The summed E-state index contributed by atoms with van der Waals surface area (Å²) in [7, 11) is 0. The minimum atomic E-state index is 0.0356. The quantitative estimate of drug-likeness (QED) is 0.540. The molecule has 2 N–H and O–H groups in total. The zero-order valence-corrected chi connectivity index (χ0v) is 11.3. The number of carbonyl (C=O) groups is 1. The molecule has 0 aromatic heterocycles. The lowest BCUT2D eigenvalue weighted by molar-refractivity contribution is 0.235. The molecular weight excluding hydrogens is 212 g/mol. The van der Waals surface area contributed by atoms with Crippen molar-refractivity contribution in [1.82, 2.24) is 10.6 Å². The first kappa shape index (κ1) is 14.3. The van der Waals surface area contributed by atoms with Crippen LogP contribution < -0.4 is 10.6 Å². The van der Waals surface area contributed by atoms with Gasteiger partial charge in [0.05, 0.1) is 0 Å². The van der Waals surface area contributed by atoms with Crippen LogP contribution in [0.2, 0.25) is 0 Å². The molecule has 0 aromatic carbocycles. The molecule has 1 saturated carbocycles. The average molecular weight is 240 g/mol. The number of hydrogen-bond donors (Lipinski definition) is 2. The molecule has 0 aliphatic heterocycles. The van der Waals surface area contributed by atoms with E-state index in [-0.39, 0.29) is 6.03 Å². The standard InChI is InChI=1S/C14H28N2O/c1-2-3-4-9-12-15-14(17)16-13-10-7-5-6-8-11-13/h13H,2-12H2,1H3,(H2,15,16,17). The highest BCUT2D eigenvalue weighted by Crippen LogP contribution is 2.16. The van der Waals surface area contributed by atoms with Gasteiger partial charge in [0, 0.05) is 12.6 Å². The summed E-state index contributed by atoms with van der Waals surface area (Å²) in [5.41, 5.74) is 0. The molecule has 100 valence electrons. The lowest BCUT2D eigenvalue weighted by atomic mass is 10.1. The van der Waals surface area contributed by atoms with Gasteiger partial charge >= 0.3 is 6.03 Å². The molecule has 0 radical (unpaired) electrons. The average Bonchev–Trinajstić information content (AvgIpc) is 2.57. The molecule has 3 heteroatoms. The molecule has 1 rings (SSSR count). The van der Waals surface area contributed by atoms with Crippen molar-refractivity contribution in [1.29, 1.82) is 0 Å². The highest BCUT2D eigenvalue weighted by atomic mass is 16.2. The van der Waals surface area contributed by atoms with E-state index in [1.54, 1.807) is 0 Å². The van der Waals surface area contributed by atoms with E-state index < -0.39 is 0 Å². The van der Waals surface area contributed by atoms with Crippen LogP contribution in [0.1, 0.15) is 71.1 Å². The minimum absolute atomic E-state index is 0.0356. The lowest BCUT2D eigenvalue weighted by Crippen LogP contribution is -2.42. The van der Waals surface area contributed by atoms with E-state index in [2.05, 4.69) is 17.6 Å². The van der Waals surface area contributed by atoms with Crippen molar-refractivity contribution in [3.05, 3.63) is 0 Å². The first-order valence-electron chi connectivity index (χ1n) is 7.37. The van der Waals surface area contributed by atoms with Crippen molar-refractivity contribution >= 4 is 6.03 Å². The van der Waals surface area contributed by atoms with Crippen LogP contribution >= 0.6 is 0 Å². The molecule has 3 nitrogen and oxygen atoms in total. The van der Waals surface area contributed by atoms with Crippen LogP contribution in [0.4, 0.5) is 4.79 Å². The Balaban J connectivity index is 2.03. The number of nitrogens with one attached hydrogen (secondary N) is 2. The van der Waals surface area contributed by atoms with Crippen LogP contribution in [0.5, 0.6) is 0 Å². The van der Waals surface area contributed by atoms with Gasteiger partial charge in [0.2, 0.25) is 0 Å². The molecule has 0 heterocycles. The maximum atomic E-state index is 11.6. The van der Waals surface area contributed by atoms with Crippen molar-refractivity contribution in [2.75, 3.05) is 6.54 Å². The molecule has 0 spiro atoms. The molecule has 0 aromatic rings. The van der Waals surface area contributed by atoms with Crippen molar-refractivity contribution in [3.8, 4) is 0 Å². The monoisotopic (exact) mass is 240 g/mol. The Labute approximate surface area is 106 Å². The van der Waals surface area contributed by atoms with Gasteiger partial charge in [0.1, 0.15) is 0 Å². The van der Waals surface area contributed by atoms with Crippen LogP contribution in [0.15, 0.2) is 0 Å². The largest absolute Gasteiger partial charge is 0.338 e. The van der Waals surface area contributed by atoms with Crippen LogP contribution in [0.3, 0.4) is 0 Å². The molecule has 1 aliphatic carbocycles. The summed E-state index contributed by atoms with van der Waals surface area (Å²) < 4.78 is 0. The van der Waals surface area contributed by atoms with E-state index in [0.29, 0.717) is 6.04 Å². The predicted octanol–water partition coefficient (Wildman–Crippen LogP) is 3.59. The number of hydrogen-bond acceptors (Lipinski definition) is 1. The summed E-state index contributed by atoms with van der Waals surface area (Å²) in [6.45, 7) is 3.02. The second-order valence-electron chi connectivity index (χ2n) is 5.15. The Kier molecular flexibility index (Phi) is 7.85. The van der Waals surface area contributed by atoms with Crippen molar-refractivity contribution in [3.63, 3.8) is 0 Å². The summed E-state index contributed by atoms with van der Waals surface area (Å²) in [6.07, 6.45) is 12.3. The number of urea groups is 1. The molecule has 0 bridgehead atoms. The van der Waals surface area contributed by atoms with E-state index in [0.717, 1.165) is 25.8 Å². The number of rotatable bonds is 6. The molecule has 0 unspecified atom stereocenters. The maximum Gasteiger partial charge on any atom is 0.315 e. The van der Waals surface area contributed by atoms with E-state index in [1.807, 2.05) is 0 Å². The fourth-order valence-corrected chi connectivity index (χ4v) is 2.41. The van der Waals surface area contributed by atoms with E-state index >= 15 is 0 Å². The predicted molar refractivity (Wildman–Crippen MR) is 72.2 cm³/mol. The van der Waals surface area contributed by atoms with Gasteiger partial charge in [-0.3, -0.25) is 0 Å². The third-order valence-electron chi connectivity index (χ3n) is 3.51. The van der Waals surface area contributed by atoms with Gasteiger partial charge in [-0.25, -0.2) is 4.79 Å². The van der Waals surface area contributed by atoms with Crippen LogP contribution in [0, 0.1) is 0 Å². The van der Waals surface area contributed by atoms with Gasteiger partial charge in [-0.1, -0.05) is 51.9 Å². The summed E-state index contributed by atoms with van der Waals surface area (Å²) in [4.78, 5) is 11.6. The Morgan fingerprint density at radius 2 is 1.76 bits per heavy atom. The topological polar surface area (TPSA) is 41.1 Å². The summed E-state index contributed by atoms with van der Waals surface area (Å²) >= 11 is 0. The normalized spacial score (nSPS) is 17.5. The molecular formula is C14H28N2O. The Bertz CT molecular complexity index is 198. The first-order valence-corrected chi connectivity index (χ1v) is 7.37. The highest BCUT2D eigenvalue weighted by molar-refractivity contribution is 5.74. The van der Waals surface area contributed by atoms with E-state index in [1.165, 1.54) is 44.9 Å². The molecule has 0 atom stereocenters. The zero-order chi connectivity index (χ0) is 12.3. The minimum Gasteiger partial charge on any atom is -0.338 e. The van der Waals surface area contributed by atoms with Crippen molar-refractivity contribution in [2.45, 2.75) is 77.2 Å². The van der Waals surface area contributed by atoms with E-state index in [9.17, 15) is 4.79 Å². The van der Waals surface area contributed by atoms with Crippen molar-refractivity contribution in [2.24, 2.45) is 0 Å². The van der Waals surface area contributed by atoms with Gasteiger partial charge in [0.15, 0.2) is 0 Å². The SMILES string of the molecule is CCCCCCNC(=O)NC1CCCCCC1. The third-order valence-corrected chi connectivity index (χ3v) is 3.51. The van der Waals surface area contributed by atoms with Crippen molar-refractivity contribution < 1.29 is 4.79 Å². The molecule has 2 amide bonds. The van der Waals surface area contributed by atoms with Crippen LogP contribution in [-0.2, 0) is 0 Å². The van der Waals surface area contributed by atoms with Gasteiger partial charge in [-0.15, -0.1) is 0 Å².